The van der Waals surface area contributed by atoms with E-state index in [4.69, 9.17) is 4.74 Å². The smallest absolute Gasteiger partial charge is 0.120 e. The van der Waals surface area contributed by atoms with Gasteiger partial charge in [0.1, 0.15) is 5.75 Å². The number of aromatic hydroxyl groups is 1. The summed E-state index contributed by atoms with van der Waals surface area (Å²) in [6.45, 7) is 6.85. The first-order chi connectivity index (χ1) is 8.24. The van der Waals surface area contributed by atoms with Crippen LogP contribution < -0.4 is 0 Å². The van der Waals surface area contributed by atoms with Crippen LogP contribution in [0.4, 0.5) is 0 Å². The van der Waals surface area contributed by atoms with Crippen molar-refractivity contribution in [2.75, 3.05) is 19.8 Å². The largest absolute Gasteiger partial charge is 0.508 e. The molecule has 1 aliphatic rings. The van der Waals surface area contributed by atoms with Gasteiger partial charge in [0.05, 0.1) is 13.2 Å². The van der Waals surface area contributed by atoms with Gasteiger partial charge in [0.2, 0.25) is 0 Å². The molecule has 1 aromatic rings. The van der Waals surface area contributed by atoms with Crippen LogP contribution in [0, 0.1) is 0 Å². The molecule has 0 aromatic heterocycles. The van der Waals surface area contributed by atoms with Crippen LogP contribution in [-0.2, 0) is 4.74 Å². The fourth-order valence-corrected chi connectivity index (χ4v) is 2.61. The third kappa shape index (κ3) is 2.61. The van der Waals surface area contributed by atoms with E-state index in [1.54, 1.807) is 6.07 Å². The van der Waals surface area contributed by atoms with Crippen LogP contribution >= 0.6 is 0 Å². The fourth-order valence-electron chi connectivity index (χ4n) is 2.61. The molecule has 0 amide bonds. The monoisotopic (exact) mass is 235 g/mol. The first kappa shape index (κ1) is 12.4. The Morgan fingerprint density at radius 1 is 1.47 bits per heavy atom. The molecular formula is C14H21NO2. The van der Waals surface area contributed by atoms with Gasteiger partial charge >= 0.3 is 0 Å². The maximum atomic E-state index is 9.97. The highest BCUT2D eigenvalue weighted by Crippen LogP contribution is 2.32. The van der Waals surface area contributed by atoms with Gasteiger partial charge in [0.15, 0.2) is 0 Å². The zero-order valence-electron chi connectivity index (χ0n) is 10.6. The summed E-state index contributed by atoms with van der Waals surface area (Å²) in [5, 5.41) is 9.97. The summed E-state index contributed by atoms with van der Waals surface area (Å²) in [5.74, 6) is 0.401. The van der Waals surface area contributed by atoms with Gasteiger partial charge in [-0.05, 0) is 19.4 Å². The second-order valence-electron chi connectivity index (χ2n) is 4.64. The predicted molar refractivity (Wildman–Crippen MR) is 68.1 cm³/mol. The van der Waals surface area contributed by atoms with Gasteiger partial charge < -0.3 is 9.84 Å². The van der Waals surface area contributed by atoms with Crippen LogP contribution in [0.2, 0.25) is 0 Å². The minimum atomic E-state index is 0.287. The van der Waals surface area contributed by atoms with Crippen molar-refractivity contribution in [3.05, 3.63) is 29.8 Å². The van der Waals surface area contributed by atoms with Gasteiger partial charge in [-0.2, -0.15) is 0 Å². The molecule has 0 aliphatic carbocycles. The lowest BCUT2D eigenvalue weighted by molar-refractivity contribution is -0.0239. The highest BCUT2D eigenvalue weighted by molar-refractivity contribution is 5.34. The normalized spacial score (nSPS) is 23.5. The minimum Gasteiger partial charge on any atom is -0.508 e. The van der Waals surface area contributed by atoms with E-state index in [9.17, 15) is 5.11 Å². The molecular weight excluding hydrogens is 214 g/mol. The van der Waals surface area contributed by atoms with Crippen molar-refractivity contribution >= 4 is 0 Å². The number of nitrogens with zero attached hydrogens (tertiary/aromatic N) is 1. The molecule has 0 spiro atoms. The quantitative estimate of drug-likeness (QED) is 0.874. The van der Waals surface area contributed by atoms with E-state index >= 15 is 0 Å². The second kappa shape index (κ2) is 5.52. The third-order valence-electron chi connectivity index (χ3n) is 3.50. The van der Waals surface area contributed by atoms with Crippen molar-refractivity contribution in [1.82, 2.24) is 4.90 Å². The number of phenols is 1. The highest BCUT2D eigenvalue weighted by atomic mass is 16.5. The lowest BCUT2D eigenvalue weighted by atomic mass is 9.99. The molecule has 94 valence electrons. The zero-order valence-corrected chi connectivity index (χ0v) is 10.6. The predicted octanol–water partition coefficient (Wildman–Crippen LogP) is 2.56. The average molecular weight is 235 g/mol. The summed E-state index contributed by atoms with van der Waals surface area (Å²) < 4.78 is 5.47. The Morgan fingerprint density at radius 3 is 2.88 bits per heavy atom. The van der Waals surface area contributed by atoms with Crippen LogP contribution in [0.1, 0.15) is 31.9 Å². The Balaban J connectivity index is 2.23. The first-order valence-electron chi connectivity index (χ1n) is 6.35. The second-order valence-corrected chi connectivity index (χ2v) is 4.64. The van der Waals surface area contributed by atoms with Gasteiger partial charge in [-0.3, -0.25) is 4.90 Å². The number of morpholine rings is 1. The van der Waals surface area contributed by atoms with Crippen molar-refractivity contribution in [3.8, 4) is 5.75 Å². The standard InChI is InChI=1S/C14H21NO2/c1-3-13(12-6-4-5-7-14(12)16)15-8-9-17-10-11(15)2/h4-7,11,13,16H,3,8-10H2,1-2H3. The van der Waals surface area contributed by atoms with Crippen molar-refractivity contribution < 1.29 is 9.84 Å². The van der Waals surface area contributed by atoms with E-state index in [0.717, 1.165) is 31.7 Å². The number of para-hydroxylation sites is 1. The summed E-state index contributed by atoms with van der Waals surface area (Å²) in [6.07, 6.45) is 1.00. The topological polar surface area (TPSA) is 32.7 Å². The van der Waals surface area contributed by atoms with E-state index in [1.165, 1.54) is 0 Å². The molecule has 2 atom stereocenters. The summed E-state index contributed by atoms with van der Waals surface area (Å²) >= 11 is 0. The van der Waals surface area contributed by atoms with E-state index in [1.807, 2.05) is 18.2 Å². The van der Waals surface area contributed by atoms with Crippen LogP contribution in [-0.4, -0.2) is 35.8 Å². The summed E-state index contributed by atoms with van der Waals surface area (Å²) in [4.78, 5) is 2.43. The Hall–Kier alpha value is -1.06. The number of hydrogen-bond acceptors (Lipinski definition) is 3. The molecule has 2 rings (SSSR count). The van der Waals surface area contributed by atoms with Crippen molar-refractivity contribution in [1.29, 1.82) is 0 Å². The molecule has 1 saturated heterocycles. The summed E-state index contributed by atoms with van der Waals surface area (Å²) in [6, 6.07) is 8.34. The minimum absolute atomic E-state index is 0.287. The summed E-state index contributed by atoms with van der Waals surface area (Å²) in [7, 11) is 0. The maximum Gasteiger partial charge on any atom is 0.120 e. The molecule has 1 aromatic carbocycles. The van der Waals surface area contributed by atoms with Gasteiger partial charge in [-0.1, -0.05) is 25.1 Å². The van der Waals surface area contributed by atoms with Crippen molar-refractivity contribution in [3.63, 3.8) is 0 Å². The number of rotatable bonds is 3. The number of benzene rings is 1. The molecule has 3 heteroatoms. The van der Waals surface area contributed by atoms with E-state index in [2.05, 4.69) is 18.7 Å². The van der Waals surface area contributed by atoms with Crippen LogP contribution in [0.5, 0.6) is 5.75 Å². The fraction of sp³-hybridized carbons (Fsp3) is 0.571. The lowest BCUT2D eigenvalue weighted by Gasteiger charge is -2.39. The maximum absolute atomic E-state index is 9.97. The summed E-state index contributed by atoms with van der Waals surface area (Å²) in [5.41, 5.74) is 1.03. The molecule has 17 heavy (non-hydrogen) atoms. The number of ether oxygens (including phenoxy) is 1. The van der Waals surface area contributed by atoms with Crippen molar-refractivity contribution in [2.45, 2.75) is 32.4 Å². The SMILES string of the molecule is CCC(c1ccccc1O)N1CCOCC1C. The highest BCUT2D eigenvalue weighted by Gasteiger charge is 2.27. The molecule has 1 aliphatic heterocycles. The Kier molecular flexibility index (Phi) is 4.02. The zero-order chi connectivity index (χ0) is 12.3. The van der Waals surface area contributed by atoms with E-state index in [0.29, 0.717) is 11.8 Å². The molecule has 1 fully saturated rings. The first-order valence-corrected chi connectivity index (χ1v) is 6.35. The van der Waals surface area contributed by atoms with Crippen molar-refractivity contribution in [2.24, 2.45) is 0 Å². The molecule has 1 heterocycles. The molecule has 1 N–H and O–H groups in total. The Bertz CT molecular complexity index is 367. The van der Waals surface area contributed by atoms with Crippen LogP contribution in [0.25, 0.3) is 0 Å². The molecule has 0 saturated carbocycles. The Labute approximate surface area is 103 Å². The van der Waals surface area contributed by atoms with Crippen LogP contribution in [0.15, 0.2) is 24.3 Å². The molecule has 2 unspecified atom stereocenters. The molecule has 3 nitrogen and oxygen atoms in total. The van der Waals surface area contributed by atoms with Gasteiger partial charge in [-0.25, -0.2) is 0 Å². The van der Waals surface area contributed by atoms with Gasteiger partial charge in [-0.15, -0.1) is 0 Å². The van der Waals surface area contributed by atoms with Gasteiger partial charge in [0.25, 0.3) is 0 Å². The molecule has 0 radical (unpaired) electrons. The molecule has 0 bridgehead atoms. The number of phenolic OH excluding ortho intramolecular Hbond substituents is 1. The average Bonchev–Trinajstić information content (AvgIpc) is 2.34. The van der Waals surface area contributed by atoms with Crippen LogP contribution in [0.3, 0.4) is 0 Å². The lowest BCUT2D eigenvalue weighted by Crippen LogP contribution is -2.45. The number of hydrogen-bond donors (Lipinski definition) is 1. The Morgan fingerprint density at radius 2 is 2.24 bits per heavy atom. The van der Waals surface area contributed by atoms with E-state index in [-0.39, 0.29) is 6.04 Å². The van der Waals surface area contributed by atoms with E-state index < -0.39 is 0 Å². The van der Waals surface area contributed by atoms with Gasteiger partial charge in [0, 0.05) is 24.2 Å². The third-order valence-corrected chi connectivity index (χ3v) is 3.50.